The predicted octanol–water partition coefficient (Wildman–Crippen LogP) is 4.76. The second-order valence-corrected chi connectivity index (χ2v) is 9.30. The number of benzene rings is 3. The van der Waals surface area contributed by atoms with Gasteiger partial charge in [0.05, 0.1) is 19.1 Å². The molecular formula is C25H23BrN6O3S. The number of nitrogens with zero attached hydrogens (tertiary/aromatic N) is 4. The number of nitrogens with one attached hydrogen (secondary N) is 1. The number of methoxy groups -OCH3 is 1. The number of hydrogen-bond acceptors (Lipinski definition) is 9. The number of hydrazone groups is 1. The number of aromatic nitrogens is 3. The van der Waals surface area contributed by atoms with Crippen LogP contribution in [0.2, 0.25) is 0 Å². The Hall–Kier alpha value is -3.83. The van der Waals surface area contributed by atoms with Crippen LogP contribution in [0.15, 0.2) is 87.5 Å². The zero-order chi connectivity index (χ0) is 25.3. The smallest absolute Gasteiger partial charge is 0.264 e. The van der Waals surface area contributed by atoms with Gasteiger partial charge in [0.2, 0.25) is 5.16 Å². The maximum absolute atomic E-state index is 12.5. The molecule has 36 heavy (non-hydrogen) atoms. The van der Waals surface area contributed by atoms with Gasteiger partial charge in [-0.05, 0) is 42.0 Å². The van der Waals surface area contributed by atoms with Gasteiger partial charge in [-0.3, -0.25) is 4.79 Å². The molecule has 1 aromatic heterocycles. The fourth-order valence-electron chi connectivity index (χ4n) is 3.13. The average molecular weight is 567 g/mol. The summed E-state index contributed by atoms with van der Waals surface area (Å²) >= 11 is 4.65. The first kappa shape index (κ1) is 25.3. The highest BCUT2D eigenvalue weighted by Gasteiger charge is 2.13. The molecule has 11 heteroatoms. The Morgan fingerprint density at radius 2 is 1.97 bits per heavy atom. The summed E-state index contributed by atoms with van der Waals surface area (Å²) in [6.07, 6.45) is 1.62. The summed E-state index contributed by atoms with van der Waals surface area (Å²) in [4.78, 5) is 12.5. The zero-order valence-corrected chi connectivity index (χ0v) is 21.7. The van der Waals surface area contributed by atoms with Crippen molar-refractivity contribution in [1.29, 1.82) is 0 Å². The van der Waals surface area contributed by atoms with Crippen molar-refractivity contribution in [3.63, 3.8) is 0 Å². The maximum Gasteiger partial charge on any atom is 0.264 e. The minimum absolute atomic E-state index is 0.0751. The van der Waals surface area contributed by atoms with Crippen molar-refractivity contribution in [1.82, 2.24) is 14.9 Å². The molecule has 4 rings (SSSR count). The van der Waals surface area contributed by atoms with Crippen LogP contribution in [0.25, 0.3) is 0 Å². The first-order valence-corrected chi connectivity index (χ1v) is 12.6. The van der Waals surface area contributed by atoms with Crippen molar-refractivity contribution in [2.75, 3.05) is 24.1 Å². The third-order valence-corrected chi connectivity index (χ3v) is 6.40. The minimum Gasteiger partial charge on any atom is -0.497 e. The number of hydrogen-bond donors (Lipinski definition) is 2. The molecule has 0 atom stereocenters. The van der Waals surface area contributed by atoms with Gasteiger partial charge in [-0.2, -0.15) is 5.10 Å². The lowest BCUT2D eigenvalue weighted by Gasteiger charge is -2.09. The highest BCUT2D eigenvalue weighted by Crippen LogP contribution is 2.21. The first-order valence-electron chi connectivity index (χ1n) is 10.8. The van der Waals surface area contributed by atoms with E-state index in [9.17, 15) is 4.79 Å². The van der Waals surface area contributed by atoms with Crippen molar-refractivity contribution in [2.24, 2.45) is 5.10 Å². The lowest BCUT2D eigenvalue weighted by atomic mass is 10.1. The van der Waals surface area contributed by atoms with Crippen molar-refractivity contribution >= 4 is 45.6 Å². The quantitative estimate of drug-likeness (QED) is 0.0876. The lowest BCUT2D eigenvalue weighted by Crippen LogP contribution is -2.14. The van der Waals surface area contributed by atoms with Gasteiger partial charge < -0.3 is 15.3 Å². The van der Waals surface area contributed by atoms with E-state index in [1.54, 1.807) is 37.6 Å². The number of halogens is 1. The van der Waals surface area contributed by atoms with E-state index < -0.39 is 0 Å². The largest absolute Gasteiger partial charge is 0.497 e. The number of thioether (sulfide) groups is 1. The van der Waals surface area contributed by atoms with Crippen molar-refractivity contribution in [3.05, 3.63) is 94.0 Å². The number of Topliss-reactive ketones (excluding diaryl/α,β-unsaturated/α-hetero) is 1. The number of nitrogen functional groups attached to an aromatic ring is 1. The van der Waals surface area contributed by atoms with Gasteiger partial charge in [-0.15, -0.1) is 10.2 Å². The van der Waals surface area contributed by atoms with E-state index in [4.69, 9.17) is 15.3 Å². The second kappa shape index (κ2) is 12.2. The molecule has 0 bridgehead atoms. The van der Waals surface area contributed by atoms with Crippen molar-refractivity contribution < 1.29 is 14.3 Å². The van der Waals surface area contributed by atoms with E-state index in [0.717, 1.165) is 15.6 Å². The first-order chi connectivity index (χ1) is 17.5. The Kier molecular flexibility index (Phi) is 8.58. The number of ketones is 1. The van der Waals surface area contributed by atoms with Gasteiger partial charge in [-0.25, -0.2) is 10.1 Å². The number of para-hydroxylation sites is 1. The second-order valence-electron chi connectivity index (χ2n) is 7.45. The van der Waals surface area contributed by atoms with Gasteiger partial charge in [0.25, 0.3) is 5.95 Å². The molecule has 0 aliphatic carbocycles. The van der Waals surface area contributed by atoms with E-state index in [0.29, 0.717) is 28.8 Å². The molecule has 0 amide bonds. The summed E-state index contributed by atoms with van der Waals surface area (Å²) in [5, 5.41) is 12.6. The molecule has 0 saturated heterocycles. The van der Waals surface area contributed by atoms with Crippen LogP contribution in [0, 0.1) is 0 Å². The Morgan fingerprint density at radius 3 is 2.81 bits per heavy atom. The Labute approximate surface area is 220 Å². The number of ether oxygens (including phenoxy) is 2. The van der Waals surface area contributed by atoms with Crippen LogP contribution in [0.5, 0.6) is 11.5 Å². The molecule has 3 aromatic carbocycles. The van der Waals surface area contributed by atoms with Gasteiger partial charge in [-0.1, -0.05) is 64.1 Å². The Balaban J connectivity index is 1.34. The molecule has 0 saturated carbocycles. The average Bonchev–Trinajstić information content (AvgIpc) is 3.25. The molecule has 3 N–H and O–H groups in total. The van der Waals surface area contributed by atoms with Crippen molar-refractivity contribution in [2.45, 2.75) is 11.8 Å². The molecule has 0 aliphatic heterocycles. The summed E-state index contributed by atoms with van der Waals surface area (Å²) in [5.41, 5.74) is 5.15. The third-order valence-electron chi connectivity index (χ3n) is 4.96. The molecule has 0 fully saturated rings. The van der Waals surface area contributed by atoms with Gasteiger partial charge in [0.1, 0.15) is 18.1 Å². The summed E-state index contributed by atoms with van der Waals surface area (Å²) in [6, 6.07) is 22.5. The number of carbonyl (C=O) groups excluding carboxylic acids is 1. The van der Waals surface area contributed by atoms with E-state index in [2.05, 4.69) is 36.7 Å². The highest BCUT2D eigenvalue weighted by atomic mass is 79.9. The number of anilines is 1. The Bertz CT molecular complexity index is 1380. The van der Waals surface area contributed by atoms with E-state index >= 15 is 0 Å². The summed E-state index contributed by atoms with van der Waals surface area (Å²) in [7, 11) is 1.56. The van der Waals surface area contributed by atoms with Gasteiger partial charge >= 0.3 is 0 Å². The van der Waals surface area contributed by atoms with Crippen LogP contribution in [-0.2, 0) is 6.61 Å². The summed E-state index contributed by atoms with van der Waals surface area (Å²) in [5.74, 6) is 7.69. The Morgan fingerprint density at radius 1 is 1.14 bits per heavy atom. The van der Waals surface area contributed by atoms with Gasteiger partial charge in [0, 0.05) is 15.6 Å². The zero-order valence-electron chi connectivity index (χ0n) is 19.3. The van der Waals surface area contributed by atoms with Crippen LogP contribution < -0.4 is 20.7 Å². The molecule has 9 nitrogen and oxygen atoms in total. The molecule has 1 heterocycles. The van der Waals surface area contributed by atoms with E-state index in [1.165, 1.54) is 16.4 Å². The molecule has 0 unspecified atom stereocenters. The number of carbonyl (C=O) groups is 1. The molecule has 0 radical (unpaired) electrons. The van der Waals surface area contributed by atoms with Crippen LogP contribution >= 0.6 is 27.7 Å². The minimum atomic E-state index is -0.0751. The standard InChI is InChI=1S/C25H23BrN6O3S/c1-34-21-10-5-8-18(13-21)22(33)16-36-25-31-30-24(32(25)27)29-28-14-19-7-2-3-11-23(19)35-15-17-6-4-9-20(26)12-17/h2-14H,15-16,27H2,1H3,(H,29,30)/b28-14+. The van der Waals surface area contributed by atoms with Crippen LogP contribution in [0.4, 0.5) is 5.95 Å². The topological polar surface area (TPSA) is 117 Å². The molecule has 184 valence electrons. The molecule has 4 aromatic rings. The monoisotopic (exact) mass is 566 g/mol. The fourth-order valence-corrected chi connectivity index (χ4v) is 4.33. The predicted molar refractivity (Wildman–Crippen MR) is 144 cm³/mol. The lowest BCUT2D eigenvalue weighted by molar-refractivity contribution is 0.102. The molecule has 0 spiro atoms. The van der Waals surface area contributed by atoms with E-state index in [-0.39, 0.29) is 17.5 Å². The summed E-state index contributed by atoms with van der Waals surface area (Å²) < 4.78 is 13.4. The van der Waals surface area contributed by atoms with E-state index in [1.807, 2.05) is 48.5 Å². The normalized spacial score (nSPS) is 10.9. The summed E-state index contributed by atoms with van der Waals surface area (Å²) in [6.45, 7) is 0.421. The fraction of sp³-hybridized carbons (Fsp3) is 0.120. The SMILES string of the molecule is COc1cccc(C(=O)CSc2nnc(N/N=C/c3ccccc3OCc3cccc(Br)c3)n2N)c1. The third kappa shape index (κ3) is 6.64. The van der Waals surface area contributed by atoms with Crippen molar-refractivity contribution in [3.8, 4) is 11.5 Å². The van der Waals surface area contributed by atoms with Crippen LogP contribution in [-0.4, -0.2) is 39.7 Å². The van der Waals surface area contributed by atoms with Gasteiger partial charge in [0.15, 0.2) is 5.78 Å². The highest BCUT2D eigenvalue weighted by molar-refractivity contribution is 9.10. The van der Waals surface area contributed by atoms with Crippen LogP contribution in [0.3, 0.4) is 0 Å². The number of rotatable bonds is 11. The molecular weight excluding hydrogens is 544 g/mol. The van der Waals surface area contributed by atoms with Crippen LogP contribution in [0.1, 0.15) is 21.5 Å². The number of nitrogens with two attached hydrogens (primary N) is 1. The maximum atomic E-state index is 12.5. The molecule has 0 aliphatic rings.